The summed E-state index contributed by atoms with van der Waals surface area (Å²) in [5, 5.41) is 0. The molecule has 0 bridgehead atoms. The molecule has 0 aromatic heterocycles. The lowest BCUT2D eigenvalue weighted by molar-refractivity contribution is 0.353. The van der Waals surface area contributed by atoms with Gasteiger partial charge in [-0.05, 0) is 17.5 Å². The van der Waals surface area contributed by atoms with Crippen molar-refractivity contribution in [2.24, 2.45) is 0 Å². The number of hydrogen-bond donors (Lipinski definition) is 0. The molecule has 3 nitrogen and oxygen atoms in total. The number of rotatable bonds is 7. The molecule has 1 atom stereocenters. The lowest BCUT2D eigenvalue weighted by Gasteiger charge is -2.42. The quantitative estimate of drug-likeness (QED) is 0.691. The Morgan fingerprint density at radius 3 is 2.09 bits per heavy atom. The number of benzene rings is 1. The average Bonchev–Trinajstić information content (AvgIpc) is 2.56. The molecule has 1 aliphatic rings. The first-order valence-corrected chi connectivity index (χ1v) is 10.2. The fourth-order valence-electron chi connectivity index (χ4n) is 3.48. The molecule has 2 rings (SSSR count). The van der Waals surface area contributed by atoms with E-state index in [0.29, 0.717) is 0 Å². The van der Waals surface area contributed by atoms with Crippen molar-refractivity contribution in [3.63, 3.8) is 0 Å². The maximum atomic E-state index is 14.1. The maximum Gasteiger partial charge on any atom is 0.223 e. The van der Waals surface area contributed by atoms with Gasteiger partial charge in [0.1, 0.15) is 0 Å². The predicted molar refractivity (Wildman–Crippen MR) is 96.4 cm³/mol. The van der Waals surface area contributed by atoms with Crippen LogP contribution in [0.1, 0.15) is 38.8 Å². The van der Waals surface area contributed by atoms with E-state index in [9.17, 15) is 4.57 Å². The van der Waals surface area contributed by atoms with E-state index in [1.165, 1.54) is 11.1 Å². The SMILES string of the molecule is CCN(CC)P(=O)(C1C=Cc2ccccc2C1)N(CC)CC. The van der Waals surface area contributed by atoms with Crippen LogP contribution >= 0.6 is 7.44 Å². The third kappa shape index (κ3) is 3.08. The average molecular weight is 320 g/mol. The van der Waals surface area contributed by atoms with E-state index in [0.717, 1.165) is 32.6 Å². The van der Waals surface area contributed by atoms with Crippen molar-refractivity contribution in [2.75, 3.05) is 26.2 Å². The van der Waals surface area contributed by atoms with Crippen LogP contribution < -0.4 is 0 Å². The molecule has 22 heavy (non-hydrogen) atoms. The number of hydrogen-bond acceptors (Lipinski definition) is 1. The van der Waals surface area contributed by atoms with Gasteiger partial charge in [0.05, 0.1) is 5.66 Å². The van der Waals surface area contributed by atoms with Crippen LogP contribution in [0.3, 0.4) is 0 Å². The minimum atomic E-state index is -2.59. The smallest absolute Gasteiger partial charge is 0.223 e. The molecule has 4 heteroatoms. The lowest BCUT2D eigenvalue weighted by Crippen LogP contribution is -2.38. The molecule has 1 aliphatic carbocycles. The molecule has 122 valence electrons. The van der Waals surface area contributed by atoms with E-state index < -0.39 is 7.44 Å². The third-order valence-corrected chi connectivity index (χ3v) is 8.66. The summed E-state index contributed by atoms with van der Waals surface area (Å²) in [7, 11) is -2.59. The van der Waals surface area contributed by atoms with Crippen molar-refractivity contribution in [2.45, 2.75) is 39.8 Å². The van der Waals surface area contributed by atoms with Gasteiger partial charge in [0.25, 0.3) is 0 Å². The first kappa shape index (κ1) is 17.5. The van der Waals surface area contributed by atoms with Crippen LogP contribution in [-0.2, 0) is 11.0 Å². The summed E-state index contributed by atoms with van der Waals surface area (Å²) in [5.74, 6) is 0. The van der Waals surface area contributed by atoms with Gasteiger partial charge in [-0.3, -0.25) is 4.57 Å². The second-order valence-corrected chi connectivity index (χ2v) is 8.67. The monoisotopic (exact) mass is 320 g/mol. The Balaban J connectivity index is 2.41. The third-order valence-electron chi connectivity index (χ3n) is 4.68. The molecule has 0 amide bonds. The van der Waals surface area contributed by atoms with Crippen LogP contribution in [0, 0.1) is 0 Å². The Morgan fingerprint density at radius 2 is 1.55 bits per heavy atom. The molecule has 0 spiro atoms. The van der Waals surface area contributed by atoms with E-state index in [1.807, 2.05) is 0 Å². The first-order chi connectivity index (χ1) is 10.6. The van der Waals surface area contributed by atoms with Crippen molar-refractivity contribution in [1.29, 1.82) is 0 Å². The molecule has 0 radical (unpaired) electrons. The summed E-state index contributed by atoms with van der Waals surface area (Å²) in [6.45, 7) is 11.8. The molecule has 1 unspecified atom stereocenters. The zero-order valence-electron chi connectivity index (χ0n) is 14.3. The van der Waals surface area contributed by atoms with Crippen molar-refractivity contribution in [1.82, 2.24) is 9.34 Å². The highest BCUT2D eigenvalue weighted by molar-refractivity contribution is 7.60. The molecular weight excluding hydrogens is 291 g/mol. The highest BCUT2D eigenvalue weighted by Crippen LogP contribution is 2.59. The van der Waals surface area contributed by atoms with Crippen molar-refractivity contribution < 1.29 is 4.57 Å². The van der Waals surface area contributed by atoms with E-state index in [4.69, 9.17) is 0 Å². The van der Waals surface area contributed by atoms with Crippen LogP contribution in [0.5, 0.6) is 0 Å². The summed E-state index contributed by atoms with van der Waals surface area (Å²) in [6.07, 6.45) is 5.21. The molecule has 0 N–H and O–H groups in total. The number of fused-ring (bicyclic) bond motifs is 1. The van der Waals surface area contributed by atoms with Gasteiger partial charge in [0, 0.05) is 26.2 Å². The van der Waals surface area contributed by atoms with Crippen LogP contribution in [0.2, 0.25) is 0 Å². The molecule has 0 heterocycles. The van der Waals surface area contributed by atoms with E-state index in [2.05, 4.69) is 73.5 Å². The van der Waals surface area contributed by atoms with Crippen molar-refractivity contribution in [3.05, 3.63) is 41.5 Å². The van der Waals surface area contributed by atoms with Gasteiger partial charge in [0.2, 0.25) is 7.44 Å². The Morgan fingerprint density at radius 1 is 1.00 bits per heavy atom. The van der Waals surface area contributed by atoms with Gasteiger partial charge in [0.15, 0.2) is 0 Å². The molecule has 0 saturated heterocycles. The van der Waals surface area contributed by atoms with E-state index >= 15 is 0 Å². The normalized spacial score (nSPS) is 18.0. The van der Waals surface area contributed by atoms with Crippen LogP contribution in [0.15, 0.2) is 30.3 Å². The number of nitrogens with zero attached hydrogens (tertiary/aromatic N) is 2. The summed E-state index contributed by atoms with van der Waals surface area (Å²) >= 11 is 0. The van der Waals surface area contributed by atoms with E-state index in [1.54, 1.807) is 0 Å². The minimum Gasteiger partial charge on any atom is -0.288 e. The Hall–Kier alpha value is -0.890. The molecule has 1 aromatic rings. The fraction of sp³-hybridized carbons (Fsp3) is 0.556. The standard InChI is InChI=1S/C18H29N2OP/c1-5-19(6-2)22(21,20(7-3)8-4)18-14-13-16-11-9-10-12-17(16)15-18/h9-14,18H,5-8,15H2,1-4H3. The van der Waals surface area contributed by atoms with Gasteiger partial charge in [-0.25, -0.2) is 9.34 Å². The summed E-state index contributed by atoms with van der Waals surface area (Å²) in [6, 6.07) is 8.45. The van der Waals surface area contributed by atoms with Gasteiger partial charge in [-0.15, -0.1) is 0 Å². The maximum absolute atomic E-state index is 14.1. The zero-order valence-corrected chi connectivity index (χ0v) is 15.2. The minimum absolute atomic E-state index is 0.0854. The molecule has 0 aliphatic heterocycles. The molecule has 1 aromatic carbocycles. The van der Waals surface area contributed by atoms with Crippen molar-refractivity contribution in [3.8, 4) is 0 Å². The summed E-state index contributed by atoms with van der Waals surface area (Å²) in [4.78, 5) is 0. The van der Waals surface area contributed by atoms with E-state index in [-0.39, 0.29) is 5.66 Å². The second-order valence-electron chi connectivity index (χ2n) is 5.70. The first-order valence-electron chi connectivity index (χ1n) is 8.48. The topological polar surface area (TPSA) is 23.6 Å². The fourth-order valence-corrected chi connectivity index (χ4v) is 7.04. The van der Waals surface area contributed by atoms with Gasteiger partial charge < -0.3 is 0 Å². The zero-order chi connectivity index (χ0) is 16.2. The largest absolute Gasteiger partial charge is 0.288 e. The van der Waals surface area contributed by atoms with Crippen LogP contribution in [-0.4, -0.2) is 41.2 Å². The Labute approximate surface area is 135 Å². The van der Waals surface area contributed by atoms with Crippen molar-refractivity contribution >= 4 is 13.5 Å². The molecule has 0 fully saturated rings. The highest BCUT2D eigenvalue weighted by atomic mass is 31.2. The summed E-state index contributed by atoms with van der Waals surface area (Å²) in [5.41, 5.74) is 2.67. The summed E-state index contributed by atoms with van der Waals surface area (Å²) < 4.78 is 18.5. The van der Waals surface area contributed by atoms with Gasteiger partial charge in [-0.2, -0.15) is 0 Å². The second kappa shape index (κ2) is 7.59. The molecule has 0 saturated carbocycles. The Kier molecular flexibility index (Phi) is 6.02. The predicted octanol–water partition coefficient (Wildman–Crippen LogP) is 4.50. The highest BCUT2D eigenvalue weighted by Gasteiger charge is 2.41. The Bertz CT molecular complexity index is 546. The van der Waals surface area contributed by atoms with Crippen LogP contribution in [0.25, 0.3) is 6.08 Å². The molecular formula is C18H29N2OP. The van der Waals surface area contributed by atoms with Gasteiger partial charge >= 0.3 is 0 Å². The van der Waals surface area contributed by atoms with Crippen LogP contribution in [0.4, 0.5) is 0 Å². The lowest BCUT2D eigenvalue weighted by atomic mass is 9.97. The van der Waals surface area contributed by atoms with Gasteiger partial charge in [-0.1, -0.05) is 64.1 Å². The number of allylic oxidation sites excluding steroid dienone is 1.